The molecule has 1 aliphatic carbocycles. The predicted molar refractivity (Wildman–Crippen MR) is 71.0 cm³/mol. The highest BCUT2D eigenvalue weighted by Gasteiger charge is 2.45. The molecule has 19 heavy (non-hydrogen) atoms. The molecule has 0 atom stereocenters. The van der Waals surface area contributed by atoms with E-state index in [1.54, 1.807) is 0 Å². The van der Waals surface area contributed by atoms with E-state index >= 15 is 0 Å². The molecule has 0 unspecified atom stereocenters. The molecule has 2 aromatic rings. The summed E-state index contributed by atoms with van der Waals surface area (Å²) in [5.74, 6) is -0.253. The Morgan fingerprint density at radius 1 is 1.26 bits per heavy atom. The number of benzene rings is 1. The summed E-state index contributed by atoms with van der Waals surface area (Å²) in [6, 6.07) is 8.17. The lowest BCUT2D eigenvalue weighted by atomic mass is 10.0. The monoisotopic (exact) mass is 257 g/mol. The molecule has 3 rings (SSSR count). The van der Waals surface area contributed by atoms with E-state index in [0.717, 1.165) is 18.4 Å². The maximum Gasteiger partial charge on any atom is 0.323 e. The number of imidazole rings is 1. The Balaban J connectivity index is 1.81. The van der Waals surface area contributed by atoms with Crippen LogP contribution in [0.15, 0.2) is 35.3 Å². The maximum absolute atomic E-state index is 12.1. The van der Waals surface area contributed by atoms with Crippen LogP contribution in [0.4, 0.5) is 0 Å². The van der Waals surface area contributed by atoms with E-state index in [4.69, 9.17) is 0 Å². The number of rotatable bonds is 3. The molecule has 1 amide bonds. The number of aromatic amines is 2. The van der Waals surface area contributed by atoms with E-state index in [-0.39, 0.29) is 22.8 Å². The van der Waals surface area contributed by atoms with Gasteiger partial charge in [0.25, 0.3) is 5.91 Å². The summed E-state index contributed by atoms with van der Waals surface area (Å²) >= 11 is 0. The van der Waals surface area contributed by atoms with Gasteiger partial charge in [0.2, 0.25) is 0 Å². The van der Waals surface area contributed by atoms with Crippen LogP contribution in [0.5, 0.6) is 0 Å². The molecular formula is C14H15N3O2. The zero-order valence-electron chi connectivity index (χ0n) is 10.6. The van der Waals surface area contributed by atoms with E-state index in [2.05, 4.69) is 15.3 Å². The van der Waals surface area contributed by atoms with Gasteiger partial charge in [-0.1, -0.05) is 29.8 Å². The lowest BCUT2D eigenvalue weighted by Crippen LogP contribution is -2.35. The predicted octanol–water partition coefficient (Wildman–Crippen LogP) is 1.43. The first-order chi connectivity index (χ1) is 9.09. The molecule has 1 heterocycles. The minimum absolute atomic E-state index is 0.253. The number of nitrogens with one attached hydrogen (secondary N) is 3. The van der Waals surface area contributed by atoms with Crippen molar-refractivity contribution in [2.24, 2.45) is 0 Å². The third-order valence-corrected chi connectivity index (χ3v) is 3.55. The number of H-pyrrole nitrogens is 2. The van der Waals surface area contributed by atoms with Crippen LogP contribution in [0.2, 0.25) is 0 Å². The molecule has 0 aliphatic heterocycles. The fraction of sp³-hybridized carbons (Fsp3) is 0.286. The van der Waals surface area contributed by atoms with Crippen LogP contribution in [-0.2, 0) is 5.54 Å². The van der Waals surface area contributed by atoms with Crippen LogP contribution < -0.4 is 11.0 Å². The lowest BCUT2D eigenvalue weighted by Gasteiger charge is -2.17. The van der Waals surface area contributed by atoms with Gasteiger partial charge in [-0.15, -0.1) is 0 Å². The van der Waals surface area contributed by atoms with E-state index in [9.17, 15) is 9.59 Å². The second-order valence-corrected chi connectivity index (χ2v) is 5.06. The summed E-state index contributed by atoms with van der Waals surface area (Å²) in [6.45, 7) is 2.03. The van der Waals surface area contributed by atoms with Crippen molar-refractivity contribution in [2.45, 2.75) is 25.3 Å². The Morgan fingerprint density at radius 2 is 1.95 bits per heavy atom. The quantitative estimate of drug-likeness (QED) is 0.777. The molecule has 1 fully saturated rings. The highest BCUT2D eigenvalue weighted by atomic mass is 16.2. The number of carbonyl (C=O) groups is 1. The molecule has 1 aromatic heterocycles. The van der Waals surface area contributed by atoms with Gasteiger partial charge in [-0.25, -0.2) is 4.79 Å². The number of aryl methyl sites for hydroxylation is 1. The molecule has 1 aliphatic rings. The van der Waals surface area contributed by atoms with Crippen molar-refractivity contribution in [3.05, 3.63) is 57.8 Å². The molecule has 1 aromatic carbocycles. The lowest BCUT2D eigenvalue weighted by molar-refractivity contribution is 0.0926. The van der Waals surface area contributed by atoms with Gasteiger partial charge in [0.05, 0.1) is 5.54 Å². The van der Waals surface area contributed by atoms with Crippen LogP contribution >= 0.6 is 0 Å². The zero-order valence-corrected chi connectivity index (χ0v) is 10.6. The minimum Gasteiger partial charge on any atom is -0.341 e. The normalized spacial score (nSPS) is 16.1. The SMILES string of the molecule is Cc1ccc(C2(NC(=O)c3c[nH]c(=O)[nH]3)CC2)cc1. The molecule has 0 radical (unpaired) electrons. The number of amides is 1. The molecule has 98 valence electrons. The highest BCUT2D eigenvalue weighted by Crippen LogP contribution is 2.45. The Bertz CT molecular complexity index is 662. The van der Waals surface area contributed by atoms with Crippen molar-refractivity contribution in [3.8, 4) is 0 Å². The maximum atomic E-state index is 12.1. The summed E-state index contributed by atoms with van der Waals surface area (Å²) < 4.78 is 0. The van der Waals surface area contributed by atoms with Gasteiger partial charge in [0.1, 0.15) is 5.69 Å². The topological polar surface area (TPSA) is 77.8 Å². The van der Waals surface area contributed by atoms with Crippen LogP contribution in [0.25, 0.3) is 0 Å². The van der Waals surface area contributed by atoms with Gasteiger partial charge in [0.15, 0.2) is 0 Å². The summed E-state index contributed by atoms with van der Waals surface area (Å²) in [6.07, 6.45) is 3.25. The zero-order chi connectivity index (χ0) is 13.5. The summed E-state index contributed by atoms with van der Waals surface area (Å²) in [7, 11) is 0. The Hall–Kier alpha value is -2.30. The second-order valence-electron chi connectivity index (χ2n) is 5.06. The average Bonchev–Trinajstić information content (AvgIpc) is 3.03. The first-order valence-corrected chi connectivity index (χ1v) is 6.26. The van der Waals surface area contributed by atoms with Crippen LogP contribution in [0, 0.1) is 6.92 Å². The van der Waals surface area contributed by atoms with Gasteiger partial charge < -0.3 is 15.3 Å². The largest absolute Gasteiger partial charge is 0.341 e. The standard InChI is InChI=1S/C14H15N3O2/c1-9-2-4-10(5-3-9)14(6-7-14)17-12(18)11-8-15-13(19)16-11/h2-5,8H,6-7H2,1H3,(H,17,18)(H2,15,16,19). The Kier molecular flexibility index (Phi) is 2.55. The molecular weight excluding hydrogens is 242 g/mol. The van der Waals surface area contributed by atoms with Gasteiger partial charge in [-0.3, -0.25) is 4.79 Å². The van der Waals surface area contributed by atoms with Crippen LogP contribution in [0.3, 0.4) is 0 Å². The van der Waals surface area contributed by atoms with E-state index in [1.807, 2.05) is 31.2 Å². The molecule has 5 heteroatoms. The number of hydrogen-bond donors (Lipinski definition) is 3. The van der Waals surface area contributed by atoms with Crippen LogP contribution in [-0.4, -0.2) is 15.9 Å². The Morgan fingerprint density at radius 3 is 2.47 bits per heavy atom. The van der Waals surface area contributed by atoms with Crippen molar-refractivity contribution in [2.75, 3.05) is 0 Å². The molecule has 5 nitrogen and oxygen atoms in total. The van der Waals surface area contributed by atoms with Gasteiger partial charge in [0, 0.05) is 6.20 Å². The summed E-state index contributed by atoms with van der Waals surface area (Å²) in [5, 5.41) is 3.00. The minimum atomic E-state index is -0.370. The number of aromatic nitrogens is 2. The second kappa shape index (κ2) is 4.12. The first-order valence-electron chi connectivity index (χ1n) is 6.26. The molecule has 3 N–H and O–H groups in total. The van der Waals surface area contributed by atoms with Crippen LogP contribution in [0.1, 0.15) is 34.5 Å². The summed E-state index contributed by atoms with van der Waals surface area (Å²) in [4.78, 5) is 27.9. The first kappa shape index (κ1) is 11.8. The average molecular weight is 257 g/mol. The fourth-order valence-corrected chi connectivity index (χ4v) is 2.22. The third kappa shape index (κ3) is 2.19. The van der Waals surface area contributed by atoms with Crippen molar-refractivity contribution < 1.29 is 4.79 Å². The van der Waals surface area contributed by atoms with Crippen molar-refractivity contribution in [3.63, 3.8) is 0 Å². The molecule has 0 saturated heterocycles. The molecule has 0 bridgehead atoms. The molecule has 1 saturated carbocycles. The van der Waals surface area contributed by atoms with Crippen molar-refractivity contribution in [1.82, 2.24) is 15.3 Å². The highest BCUT2D eigenvalue weighted by molar-refractivity contribution is 5.92. The number of hydrogen-bond acceptors (Lipinski definition) is 2. The fourth-order valence-electron chi connectivity index (χ4n) is 2.22. The van der Waals surface area contributed by atoms with Crippen molar-refractivity contribution >= 4 is 5.91 Å². The smallest absolute Gasteiger partial charge is 0.323 e. The van der Waals surface area contributed by atoms with E-state index < -0.39 is 0 Å². The van der Waals surface area contributed by atoms with E-state index in [0.29, 0.717) is 0 Å². The van der Waals surface area contributed by atoms with Gasteiger partial charge in [-0.2, -0.15) is 0 Å². The van der Waals surface area contributed by atoms with Gasteiger partial charge >= 0.3 is 5.69 Å². The third-order valence-electron chi connectivity index (χ3n) is 3.55. The molecule has 0 spiro atoms. The Labute approximate surface area is 110 Å². The van der Waals surface area contributed by atoms with Crippen molar-refractivity contribution in [1.29, 1.82) is 0 Å². The summed E-state index contributed by atoms with van der Waals surface area (Å²) in [5.41, 5.74) is 1.94. The van der Waals surface area contributed by atoms with Gasteiger partial charge in [-0.05, 0) is 25.3 Å². The van der Waals surface area contributed by atoms with E-state index in [1.165, 1.54) is 11.8 Å². The number of carbonyl (C=O) groups excluding carboxylic acids is 1.